The fourth-order valence-corrected chi connectivity index (χ4v) is 2.55. The number of nitrogens with one attached hydrogen (secondary N) is 1. The Kier molecular flexibility index (Phi) is 5.54. The van der Waals surface area contributed by atoms with Gasteiger partial charge in [0.05, 0.1) is 0 Å². The SMILES string of the molecule is CCC(CC)CN[C@H](C)C1CCCC1. The topological polar surface area (TPSA) is 12.0 Å². The highest BCUT2D eigenvalue weighted by Gasteiger charge is 2.21. The van der Waals surface area contributed by atoms with Crippen molar-refractivity contribution in [1.29, 1.82) is 0 Å². The normalized spacial score (nSPS) is 20.6. The molecule has 84 valence electrons. The van der Waals surface area contributed by atoms with Crippen LogP contribution in [0.5, 0.6) is 0 Å². The molecule has 0 aromatic rings. The Morgan fingerprint density at radius 2 is 1.71 bits per heavy atom. The van der Waals surface area contributed by atoms with Crippen LogP contribution in [-0.2, 0) is 0 Å². The number of rotatable bonds is 6. The zero-order chi connectivity index (χ0) is 10.4. The number of hydrogen-bond donors (Lipinski definition) is 1. The average Bonchev–Trinajstić information content (AvgIpc) is 2.72. The highest BCUT2D eigenvalue weighted by atomic mass is 14.9. The molecular formula is C13H27N. The molecular weight excluding hydrogens is 170 g/mol. The third-order valence-electron chi connectivity index (χ3n) is 3.99. The second-order valence-electron chi connectivity index (χ2n) is 4.92. The van der Waals surface area contributed by atoms with Crippen molar-refractivity contribution in [2.45, 2.75) is 65.3 Å². The lowest BCUT2D eigenvalue weighted by atomic mass is 9.98. The first kappa shape index (κ1) is 12.0. The summed E-state index contributed by atoms with van der Waals surface area (Å²) in [6.07, 6.45) is 8.47. The highest BCUT2D eigenvalue weighted by molar-refractivity contribution is 4.77. The molecule has 1 aliphatic rings. The van der Waals surface area contributed by atoms with Crippen LogP contribution in [0.2, 0.25) is 0 Å². The summed E-state index contributed by atoms with van der Waals surface area (Å²) >= 11 is 0. The van der Waals surface area contributed by atoms with E-state index in [-0.39, 0.29) is 0 Å². The molecule has 0 amide bonds. The van der Waals surface area contributed by atoms with E-state index in [1.54, 1.807) is 0 Å². The van der Waals surface area contributed by atoms with Gasteiger partial charge in [-0.05, 0) is 38.1 Å². The van der Waals surface area contributed by atoms with Crippen molar-refractivity contribution in [2.75, 3.05) is 6.54 Å². The van der Waals surface area contributed by atoms with Gasteiger partial charge in [-0.3, -0.25) is 0 Å². The Balaban J connectivity index is 2.15. The van der Waals surface area contributed by atoms with E-state index in [1.165, 1.54) is 45.1 Å². The van der Waals surface area contributed by atoms with E-state index in [0.717, 1.165) is 17.9 Å². The van der Waals surface area contributed by atoms with Gasteiger partial charge in [0.1, 0.15) is 0 Å². The average molecular weight is 197 g/mol. The van der Waals surface area contributed by atoms with E-state index < -0.39 is 0 Å². The molecule has 1 aliphatic carbocycles. The quantitative estimate of drug-likeness (QED) is 0.686. The molecule has 0 saturated heterocycles. The molecule has 1 atom stereocenters. The molecule has 0 aliphatic heterocycles. The second kappa shape index (κ2) is 6.44. The molecule has 1 saturated carbocycles. The van der Waals surface area contributed by atoms with Crippen LogP contribution in [0.3, 0.4) is 0 Å². The molecule has 14 heavy (non-hydrogen) atoms. The fourth-order valence-electron chi connectivity index (χ4n) is 2.55. The van der Waals surface area contributed by atoms with Gasteiger partial charge in [-0.1, -0.05) is 39.5 Å². The van der Waals surface area contributed by atoms with Crippen LogP contribution in [0.4, 0.5) is 0 Å². The fraction of sp³-hybridized carbons (Fsp3) is 1.00. The summed E-state index contributed by atoms with van der Waals surface area (Å²) in [5, 5.41) is 3.73. The lowest BCUT2D eigenvalue weighted by molar-refractivity contribution is 0.343. The van der Waals surface area contributed by atoms with Crippen molar-refractivity contribution in [1.82, 2.24) is 5.32 Å². The third kappa shape index (κ3) is 3.61. The molecule has 1 nitrogen and oxygen atoms in total. The second-order valence-corrected chi connectivity index (χ2v) is 4.92. The minimum absolute atomic E-state index is 0.748. The first-order chi connectivity index (χ1) is 6.77. The maximum atomic E-state index is 3.73. The monoisotopic (exact) mass is 197 g/mol. The van der Waals surface area contributed by atoms with Gasteiger partial charge in [0.25, 0.3) is 0 Å². The Labute approximate surface area is 89.7 Å². The zero-order valence-electron chi connectivity index (χ0n) is 10.2. The van der Waals surface area contributed by atoms with Gasteiger partial charge in [0.2, 0.25) is 0 Å². The standard InChI is InChI=1S/C13H27N/c1-4-12(5-2)10-14-11(3)13-8-6-7-9-13/h11-14H,4-10H2,1-3H3/t11-/m1/s1. The van der Waals surface area contributed by atoms with Crippen molar-refractivity contribution >= 4 is 0 Å². The molecule has 1 N–H and O–H groups in total. The molecule has 1 heteroatoms. The molecule has 0 spiro atoms. The van der Waals surface area contributed by atoms with Gasteiger partial charge in [0.15, 0.2) is 0 Å². The maximum Gasteiger partial charge on any atom is 0.00671 e. The predicted octanol–water partition coefficient (Wildman–Crippen LogP) is 3.59. The van der Waals surface area contributed by atoms with Gasteiger partial charge in [-0.25, -0.2) is 0 Å². The summed E-state index contributed by atoms with van der Waals surface area (Å²) in [4.78, 5) is 0. The van der Waals surface area contributed by atoms with Crippen molar-refractivity contribution in [3.63, 3.8) is 0 Å². The molecule has 1 fully saturated rings. The summed E-state index contributed by atoms with van der Waals surface area (Å²) < 4.78 is 0. The minimum atomic E-state index is 0.748. The summed E-state index contributed by atoms with van der Waals surface area (Å²) in [5.41, 5.74) is 0. The van der Waals surface area contributed by atoms with E-state index in [1.807, 2.05) is 0 Å². The summed E-state index contributed by atoms with van der Waals surface area (Å²) in [5.74, 6) is 1.85. The van der Waals surface area contributed by atoms with Crippen LogP contribution in [-0.4, -0.2) is 12.6 Å². The maximum absolute atomic E-state index is 3.73. The van der Waals surface area contributed by atoms with Crippen molar-refractivity contribution in [3.05, 3.63) is 0 Å². The van der Waals surface area contributed by atoms with Crippen LogP contribution in [0.25, 0.3) is 0 Å². The van der Waals surface area contributed by atoms with Crippen LogP contribution >= 0.6 is 0 Å². The van der Waals surface area contributed by atoms with E-state index in [9.17, 15) is 0 Å². The number of hydrogen-bond acceptors (Lipinski definition) is 1. The Hall–Kier alpha value is -0.0400. The van der Waals surface area contributed by atoms with E-state index >= 15 is 0 Å². The molecule has 0 aromatic heterocycles. The van der Waals surface area contributed by atoms with E-state index in [4.69, 9.17) is 0 Å². The largest absolute Gasteiger partial charge is 0.314 e. The van der Waals surface area contributed by atoms with Gasteiger partial charge in [-0.2, -0.15) is 0 Å². The zero-order valence-corrected chi connectivity index (χ0v) is 10.2. The van der Waals surface area contributed by atoms with Gasteiger partial charge in [-0.15, -0.1) is 0 Å². The first-order valence-electron chi connectivity index (χ1n) is 6.51. The third-order valence-corrected chi connectivity index (χ3v) is 3.99. The van der Waals surface area contributed by atoms with E-state index in [2.05, 4.69) is 26.1 Å². The van der Waals surface area contributed by atoms with Crippen molar-refractivity contribution < 1.29 is 0 Å². The highest BCUT2D eigenvalue weighted by Crippen LogP contribution is 2.27. The van der Waals surface area contributed by atoms with Gasteiger partial charge in [0, 0.05) is 6.04 Å². The molecule has 1 rings (SSSR count). The van der Waals surface area contributed by atoms with Gasteiger partial charge < -0.3 is 5.32 Å². The van der Waals surface area contributed by atoms with Crippen LogP contribution in [0.1, 0.15) is 59.3 Å². The Bertz CT molecular complexity index is 134. The Morgan fingerprint density at radius 3 is 2.21 bits per heavy atom. The van der Waals surface area contributed by atoms with Crippen molar-refractivity contribution in [2.24, 2.45) is 11.8 Å². The molecule has 0 bridgehead atoms. The summed E-state index contributed by atoms with van der Waals surface area (Å²) in [6.45, 7) is 8.20. The lowest BCUT2D eigenvalue weighted by Crippen LogP contribution is -2.35. The molecule has 0 aromatic carbocycles. The summed E-state index contributed by atoms with van der Waals surface area (Å²) in [7, 11) is 0. The predicted molar refractivity (Wildman–Crippen MR) is 63.5 cm³/mol. The Morgan fingerprint density at radius 1 is 1.14 bits per heavy atom. The first-order valence-corrected chi connectivity index (χ1v) is 6.51. The smallest absolute Gasteiger partial charge is 0.00671 e. The van der Waals surface area contributed by atoms with Gasteiger partial charge >= 0.3 is 0 Å². The minimum Gasteiger partial charge on any atom is -0.314 e. The van der Waals surface area contributed by atoms with Crippen LogP contribution < -0.4 is 5.32 Å². The van der Waals surface area contributed by atoms with Crippen LogP contribution in [0.15, 0.2) is 0 Å². The molecule has 0 radical (unpaired) electrons. The lowest BCUT2D eigenvalue weighted by Gasteiger charge is -2.23. The molecule has 0 heterocycles. The van der Waals surface area contributed by atoms with Crippen LogP contribution in [0, 0.1) is 11.8 Å². The summed E-state index contributed by atoms with van der Waals surface area (Å²) in [6, 6.07) is 0.748. The van der Waals surface area contributed by atoms with E-state index in [0.29, 0.717) is 0 Å². The molecule has 0 unspecified atom stereocenters. The van der Waals surface area contributed by atoms with Crippen molar-refractivity contribution in [3.8, 4) is 0 Å².